The number of ether oxygens (including phenoxy) is 1. The Kier molecular flexibility index (Phi) is 6.05. The second-order valence-electron chi connectivity index (χ2n) is 5.48. The first-order valence-electron chi connectivity index (χ1n) is 7.52. The number of thioether (sulfide) groups is 1. The highest BCUT2D eigenvalue weighted by Gasteiger charge is 2.19. The van der Waals surface area contributed by atoms with Crippen LogP contribution in [0.5, 0.6) is 5.75 Å². The third-order valence-electron chi connectivity index (χ3n) is 3.81. The van der Waals surface area contributed by atoms with Crippen LogP contribution < -0.4 is 10.5 Å². The second kappa shape index (κ2) is 7.79. The van der Waals surface area contributed by atoms with Crippen molar-refractivity contribution < 1.29 is 9.84 Å². The molecule has 0 spiro atoms. The molecule has 3 nitrogen and oxygen atoms in total. The lowest BCUT2D eigenvalue weighted by atomic mass is 10.0. The normalized spacial score (nSPS) is 17.3. The van der Waals surface area contributed by atoms with Gasteiger partial charge in [-0.1, -0.05) is 25.7 Å². The molecule has 1 saturated carbocycles. The van der Waals surface area contributed by atoms with E-state index < -0.39 is 0 Å². The summed E-state index contributed by atoms with van der Waals surface area (Å²) in [6, 6.07) is 5.72. The van der Waals surface area contributed by atoms with Crippen LogP contribution in [0.25, 0.3) is 0 Å². The molecular weight excluding hydrogens is 270 g/mol. The zero-order chi connectivity index (χ0) is 14.4. The molecule has 20 heavy (non-hydrogen) atoms. The van der Waals surface area contributed by atoms with Crippen molar-refractivity contribution in [2.24, 2.45) is 5.92 Å². The van der Waals surface area contributed by atoms with Gasteiger partial charge in [0.25, 0.3) is 0 Å². The first-order valence-corrected chi connectivity index (χ1v) is 8.50. The minimum absolute atomic E-state index is 0.238. The number of hydrogen-bond donors (Lipinski definition) is 2. The summed E-state index contributed by atoms with van der Waals surface area (Å²) in [6.45, 7) is 2.62. The molecule has 1 aliphatic carbocycles. The quantitative estimate of drug-likeness (QED) is 0.595. The number of nitrogen functional groups attached to an aromatic ring is 1. The number of rotatable bonds is 7. The molecule has 1 unspecified atom stereocenters. The highest BCUT2D eigenvalue weighted by Crippen LogP contribution is 2.32. The molecule has 112 valence electrons. The molecule has 1 aliphatic rings. The van der Waals surface area contributed by atoms with E-state index in [0.717, 1.165) is 28.7 Å². The second-order valence-corrected chi connectivity index (χ2v) is 6.55. The molecular formula is C16H25NO2S. The summed E-state index contributed by atoms with van der Waals surface area (Å²) in [7, 11) is 0. The molecule has 1 aromatic rings. The monoisotopic (exact) mass is 295 g/mol. The molecule has 4 heteroatoms. The number of aliphatic hydroxyl groups excluding tert-OH is 1. The summed E-state index contributed by atoms with van der Waals surface area (Å²) < 4.78 is 5.48. The van der Waals surface area contributed by atoms with Crippen molar-refractivity contribution in [2.75, 3.05) is 18.1 Å². The molecule has 1 atom stereocenters. The van der Waals surface area contributed by atoms with Crippen LogP contribution in [0.2, 0.25) is 0 Å². The predicted molar refractivity (Wildman–Crippen MR) is 85.3 cm³/mol. The topological polar surface area (TPSA) is 55.5 Å². The Hall–Kier alpha value is -0.870. The van der Waals surface area contributed by atoms with Gasteiger partial charge in [0.05, 0.1) is 12.7 Å². The molecule has 0 heterocycles. The van der Waals surface area contributed by atoms with E-state index in [1.54, 1.807) is 11.8 Å². The molecule has 3 N–H and O–H groups in total. The standard InChI is InChI=1S/C16H25NO2S/c1-2-19-14-7-8-15(17)16(10-14)20-11-13(18)9-12-5-3-4-6-12/h7-8,10,12-13,18H,2-6,9,11,17H2,1H3. The van der Waals surface area contributed by atoms with Crippen molar-refractivity contribution in [3.05, 3.63) is 18.2 Å². The van der Waals surface area contributed by atoms with Crippen molar-refractivity contribution in [1.82, 2.24) is 0 Å². The van der Waals surface area contributed by atoms with Gasteiger partial charge in [-0.05, 0) is 37.5 Å². The van der Waals surface area contributed by atoms with E-state index in [1.165, 1.54) is 25.7 Å². The average Bonchev–Trinajstić information content (AvgIpc) is 2.92. The summed E-state index contributed by atoms with van der Waals surface area (Å²) in [5.74, 6) is 2.27. The fraction of sp³-hybridized carbons (Fsp3) is 0.625. The van der Waals surface area contributed by atoms with Crippen LogP contribution in [0, 0.1) is 5.92 Å². The Morgan fingerprint density at radius 2 is 2.15 bits per heavy atom. The number of benzene rings is 1. The summed E-state index contributed by atoms with van der Waals surface area (Å²) in [6.07, 6.45) is 5.91. The first-order chi connectivity index (χ1) is 9.69. The Labute approximate surface area is 125 Å². The molecule has 1 aromatic carbocycles. The van der Waals surface area contributed by atoms with Gasteiger partial charge in [0, 0.05) is 16.3 Å². The molecule has 0 aliphatic heterocycles. The smallest absolute Gasteiger partial charge is 0.120 e. The lowest BCUT2D eigenvalue weighted by molar-refractivity contribution is 0.166. The van der Waals surface area contributed by atoms with E-state index in [4.69, 9.17) is 10.5 Å². The Balaban J connectivity index is 1.84. The maximum atomic E-state index is 10.1. The van der Waals surface area contributed by atoms with Crippen LogP contribution in [0.1, 0.15) is 39.0 Å². The van der Waals surface area contributed by atoms with Crippen molar-refractivity contribution >= 4 is 17.4 Å². The third kappa shape index (κ3) is 4.60. The minimum Gasteiger partial charge on any atom is -0.494 e. The highest BCUT2D eigenvalue weighted by molar-refractivity contribution is 7.99. The number of anilines is 1. The van der Waals surface area contributed by atoms with Gasteiger partial charge in [0.1, 0.15) is 5.75 Å². The van der Waals surface area contributed by atoms with Crippen LogP contribution in [-0.4, -0.2) is 23.6 Å². The Morgan fingerprint density at radius 1 is 1.40 bits per heavy atom. The van der Waals surface area contributed by atoms with Gasteiger partial charge in [0.2, 0.25) is 0 Å². The van der Waals surface area contributed by atoms with Crippen molar-refractivity contribution in [2.45, 2.75) is 50.0 Å². The molecule has 0 amide bonds. The van der Waals surface area contributed by atoms with E-state index in [2.05, 4.69) is 0 Å². The van der Waals surface area contributed by atoms with Gasteiger partial charge in [-0.2, -0.15) is 0 Å². The molecule has 2 rings (SSSR count). The summed E-state index contributed by atoms with van der Waals surface area (Å²) in [5, 5.41) is 10.1. The van der Waals surface area contributed by atoms with Crippen LogP contribution in [0.4, 0.5) is 5.69 Å². The molecule has 1 fully saturated rings. The van der Waals surface area contributed by atoms with Crippen molar-refractivity contribution in [1.29, 1.82) is 0 Å². The van der Waals surface area contributed by atoms with E-state index in [-0.39, 0.29) is 6.10 Å². The Bertz CT molecular complexity index is 419. The first kappa shape index (κ1) is 15.5. The summed E-state index contributed by atoms with van der Waals surface area (Å²) in [4.78, 5) is 1.00. The van der Waals surface area contributed by atoms with Crippen LogP contribution in [0.3, 0.4) is 0 Å². The van der Waals surface area contributed by atoms with Crippen LogP contribution in [0.15, 0.2) is 23.1 Å². The lowest BCUT2D eigenvalue weighted by Gasteiger charge is -2.16. The lowest BCUT2D eigenvalue weighted by Crippen LogP contribution is -2.14. The van der Waals surface area contributed by atoms with Crippen LogP contribution >= 0.6 is 11.8 Å². The van der Waals surface area contributed by atoms with E-state index in [9.17, 15) is 5.11 Å². The fourth-order valence-electron chi connectivity index (χ4n) is 2.78. The number of aliphatic hydroxyl groups is 1. The summed E-state index contributed by atoms with van der Waals surface area (Å²) >= 11 is 1.62. The average molecular weight is 295 g/mol. The molecule has 0 bridgehead atoms. The molecule has 0 radical (unpaired) electrons. The molecule has 0 aromatic heterocycles. The van der Waals surface area contributed by atoms with Crippen LogP contribution in [-0.2, 0) is 0 Å². The zero-order valence-electron chi connectivity index (χ0n) is 12.2. The van der Waals surface area contributed by atoms with Gasteiger partial charge in [-0.3, -0.25) is 0 Å². The minimum atomic E-state index is -0.238. The zero-order valence-corrected chi connectivity index (χ0v) is 13.0. The largest absolute Gasteiger partial charge is 0.494 e. The van der Waals surface area contributed by atoms with Gasteiger partial charge < -0.3 is 15.6 Å². The van der Waals surface area contributed by atoms with Gasteiger partial charge in [-0.15, -0.1) is 11.8 Å². The summed E-state index contributed by atoms with van der Waals surface area (Å²) in [5.41, 5.74) is 6.73. The van der Waals surface area contributed by atoms with E-state index in [1.807, 2.05) is 25.1 Å². The highest BCUT2D eigenvalue weighted by atomic mass is 32.2. The van der Waals surface area contributed by atoms with Crippen molar-refractivity contribution in [3.63, 3.8) is 0 Å². The van der Waals surface area contributed by atoms with Gasteiger partial charge in [0.15, 0.2) is 0 Å². The fourth-order valence-corrected chi connectivity index (χ4v) is 3.72. The number of hydrogen-bond acceptors (Lipinski definition) is 4. The van der Waals surface area contributed by atoms with Gasteiger partial charge >= 0.3 is 0 Å². The predicted octanol–water partition coefficient (Wildman–Crippen LogP) is 3.70. The maximum absolute atomic E-state index is 10.1. The Morgan fingerprint density at radius 3 is 2.85 bits per heavy atom. The van der Waals surface area contributed by atoms with Gasteiger partial charge in [-0.25, -0.2) is 0 Å². The van der Waals surface area contributed by atoms with E-state index in [0.29, 0.717) is 12.4 Å². The number of nitrogens with two attached hydrogens (primary N) is 1. The molecule has 0 saturated heterocycles. The van der Waals surface area contributed by atoms with Crippen molar-refractivity contribution in [3.8, 4) is 5.75 Å². The maximum Gasteiger partial charge on any atom is 0.120 e. The SMILES string of the molecule is CCOc1ccc(N)c(SCC(O)CC2CCCC2)c1. The van der Waals surface area contributed by atoms with E-state index >= 15 is 0 Å². The third-order valence-corrected chi connectivity index (χ3v) is 5.02.